The van der Waals surface area contributed by atoms with E-state index in [1.54, 1.807) is 17.0 Å². The largest absolute Gasteiger partial charge is 0.457 e. The lowest BCUT2D eigenvalue weighted by atomic mass is 10.0. The Morgan fingerprint density at radius 1 is 1.06 bits per heavy atom. The van der Waals surface area contributed by atoms with Gasteiger partial charge in [0.05, 0.1) is 18.0 Å². The molecule has 0 bridgehead atoms. The first-order valence-electron chi connectivity index (χ1n) is 10.7. The summed E-state index contributed by atoms with van der Waals surface area (Å²) in [6.07, 6.45) is 5.57. The topological polar surface area (TPSA) is 106 Å². The standard InChI is InChI=1S/C24H22ClN7O/c1-15-2-7-18(12-31(15)13-26)32-24-21(23(27)28-14-29-24)22(30-32)16-3-8-19(9-4-16)33-20-10-5-17(25)6-11-20/h3-6,8-11,14-15,18H,2,7,12H2,1H3,(H2,27,28,29)/t15-,18+/m0/s1. The lowest BCUT2D eigenvalue weighted by Crippen LogP contribution is -2.39. The molecule has 1 aliphatic heterocycles. The maximum Gasteiger partial charge on any atom is 0.179 e. The lowest BCUT2D eigenvalue weighted by molar-refractivity contribution is 0.179. The van der Waals surface area contributed by atoms with Crippen LogP contribution in [0.2, 0.25) is 5.02 Å². The summed E-state index contributed by atoms with van der Waals surface area (Å²) in [6.45, 7) is 2.66. The summed E-state index contributed by atoms with van der Waals surface area (Å²) in [4.78, 5) is 10.5. The molecule has 0 spiro atoms. The van der Waals surface area contributed by atoms with Gasteiger partial charge in [-0.25, -0.2) is 14.6 Å². The van der Waals surface area contributed by atoms with Crippen molar-refractivity contribution in [3.05, 3.63) is 59.9 Å². The van der Waals surface area contributed by atoms with Crippen LogP contribution in [-0.2, 0) is 0 Å². The third-order valence-electron chi connectivity index (χ3n) is 6.03. The zero-order chi connectivity index (χ0) is 22.9. The predicted molar refractivity (Wildman–Crippen MR) is 127 cm³/mol. The number of nitrogens with two attached hydrogens (primary N) is 1. The Hall–Kier alpha value is -3.83. The van der Waals surface area contributed by atoms with Crippen LogP contribution in [0.1, 0.15) is 25.8 Å². The van der Waals surface area contributed by atoms with Gasteiger partial charge in [-0.3, -0.25) is 0 Å². The van der Waals surface area contributed by atoms with Crippen molar-refractivity contribution >= 4 is 28.5 Å². The van der Waals surface area contributed by atoms with Gasteiger partial charge in [0.15, 0.2) is 11.8 Å². The highest BCUT2D eigenvalue weighted by atomic mass is 35.5. The average Bonchev–Trinajstić information content (AvgIpc) is 3.22. The van der Waals surface area contributed by atoms with E-state index >= 15 is 0 Å². The predicted octanol–water partition coefficient (Wildman–Crippen LogP) is 5.03. The highest BCUT2D eigenvalue weighted by Crippen LogP contribution is 2.35. The highest BCUT2D eigenvalue weighted by Gasteiger charge is 2.29. The summed E-state index contributed by atoms with van der Waals surface area (Å²) < 4.78 is 7.80. The Balaban J connectivity index is 1.49. The van der Waals surface area contributed by atoms with Gasteiger partial charge in [0.2, 0.25) is 0 Å². The number of benzene rings is 2. The number of likely N-dealkylation sites (tertiary alicyclic amines) is 1. The summed E-state index contributed by atoms with van der Waals surface area (Å²) >= 11 is 5.94. The Bertz CT molecular complexity index is 1330. The van der Waals surface area contributed by atoms with Gasteiger partial charge < -0.3 is 15.4 Å². The molecule has 1 saturated heterocycles. The first-order chi connectivity index (χ1) is 16.0. The van der Waals surface area contributed by atoms with E-state index in [-0.39, 0.29) is 12.1 Å². The molecule has 4 aromatic rings. The molecule has 1 fully saturated rings. The smallest absolute Gasteiger partial charge is 0.179 e. The van der Waals surface area contributed by atoms with E-state index in [0.29, 0.717) is 45.6 Å². The molecule has 5 rings (SSSR count). The van der Waals surface area contributed by atoms with Crippen molar-refractivity contribution < 1.29 is 4.74 Å². The van der Waals surface area contributed by atoms with E-state index in [9.17, 15) is 5.26 Å². The Morgan fingerprint density at radius 3 is 2.45 bits per heavy atom. The molecule has 2 aromatic heterocycles. The number of nitriles is 1. The molecule has 1 aliphatic rings. The molecule has 2 atom stereocenters. The first-order valence-corrected chi connectivity index (χ1v) is 11.1. The van der Waals surface area contributed by atoms with Gasteiger partial charge in [-0.2, -0.15) is 10.4 Å². The molecule has 2 N–H and O–H groups in total. The second kappa shape index (κ2) is 8.60. The van der Waals surface area contributed by atoms with E-state index in [1.807, 2.05) is 41.1 Å². The minimum absolute atomic E-state index is 0.0268. The van der Waals surface area contributed by atoms with Gasteiger partial charge in [-0.05, 0) is 68.3 Å². The molecule has 3 heterocycles. The van der Waals surface area contributed by atoms with Crippen LogP contribution < -0.4 is 10.5 Å². The van der Waals surface area contributed by atoms with Crippen LogP contribution in [0, 0.1) is 11.5 Å². The molecule has 0 amide bonds. The third kappa shape index (κ3) is 4.03. The fraction of sp³-hybridized carbons (Fsp3) is 0.250. The normalized spacial score (nSPS) is 18.3. The summed E-state index contributed by atoms with van der Waals surface area (Å²) in [5, 5.41) is 15.8. The van der Waals surface area contributed by atoms with Crippen molar-refractivity contribution in [1.82, 2.24) is 24.6 Å². The van der Waals surface area contributed by atoms with Crippen molar-refractivity contribution in [3.8, 4) is 28.9 Å². The quantitative estimate of drug-likeness (QED) is 0.426. The molecule has 0 aliphatic carbocycles. The minimum atomic E-state index is 0.0268. The lowest BCUT2D eigenvalue weighted by Gasteiger charge is -2.34. The fourth-order valence-electron chi connectivity index (χ4n) is 4.20. The second-order valence-corrected chi connectivity index (χ2v) is 8.60. The molecule has 2 aromatic carbocycles. The molecule has 33 heavy (non-hydrogen) atoms. The van der Waals surface area contributed by atoms with Gasteiger partial charge in [0.25, 0.3) is 0 Å². The van der Waals surface area contributed by atoms with E-state index in [1.165, 1.54) is 6.33 Å². The van der Waals surface area contributed by atoms with Crippen LogP contribution in [0.5, 0.6) is 11.5 Å². The van der Waals surface area contributed by atoms with Gasteiger partial charge >= 0.3 is 0 Å². The molecule has 166 valence electrons. The second-order valence-electron chi connectivity index (χ2n) is 8.16. The summed E-state index contributed by atoms with van der Waals surface area (Å²) in [7, 11) is 0. The van der Waals surface area contributed by atoms with E-state index in [2.05, 4.69) is 23.1 Å². The zero-order valence-corrected chi connectivity index (χ0v) is 18.8. The summed E-state index contributed by atoms with van der Waals surface area (Å²) in [5.41, 5.74) is 8.52. The number of piperidine rings is 1. The number of hydrogen-bond donors (Lipinski definition) is 1. The summed E-state index contributed by atoms with van der Waals surface area (Å²) in [6, 6.07) is 15.1. The van der Waals surface area contributed by atoms with Crippen LogP contribution in [0.3, 0.4) is 0 Å². The minimum Gasteiger partial charge on any atom is -0.457 e. The molecule has 0 saturated carbocycles. The SMILES string of the molecule is C[C@H]1CC[C@@H](n2nc(-c3ccc(Oc4ccc(Cl)cc4)cc3)c3c(N)ncnc32)CN1C#N. The third-order valence-corrected chi connectivity index (χ3v) is 6.28. The Kier molecular flexibility index (Phi) is 5.48. The highest BCUT2D eigenvalue weighted by molar-refractivity contribution is 6.30. The van der Waals surface area contributed by atoms with Crippen molar-refractivity contribution in [2.75, 3.05) is 12.3 Å². The monoisotopic (exact) mass is 459 g/mol. The average molecular weight is 460 g/mol. The number of aromatic nitrogens is 4. The maximum absolute atomic E-state index is 9.49. The molecule has 9 heteroatoms. The Labute approximate surface area is 196 Å². The molecular formula is C24H22ClN7O. The number of ether oxygens (including phenoxy) is 1. The number of fused-ring (bicyclic) bond motifs is 1. The van der Waals surface area contributed by atoms with Crippen molar-refractivity contribution in [3.63, 3.8) is 0 Å². The fourth-order valence-corrected chi connectivity index (χ4v) is 4.32. The number of anilines is 1. The van der Waals surface area contributed by atoms with Crippen molar-refractivity contribution in [1.29, 1.82) is 5.26 Å². The molecular weight excluding hydrogens is 438 g/mol. The van der Waals surface area contributed by atoms with E-state index in [0.717, 1.165) is 18.4 Å². The van der Waals surface area contributed by atoms with Gasteiger partial charge in [-0.15, -0.1) is 0 Å². The van der Waals surface area contributed by atoms with Gasteiger partial charge in [-0.1, -0.05) is 11.6 Å². The van der Waals surface area contributed by atoms with E-state index in [4.69, 9.17) is 27.2 Å². The van der Waals surface area contributed by atoms with Crippen LogP contribution in [-0.4, -0.2) is 37.2 Å². The van der Waals surface area contributed by atoms with E-state index < -0.39 is 0 Å². The van der Waals surface area contributed by atoms with Crippen LogP contribution in [0.25, 0.3) is 22.3 Å². The molecule has 8 nitrogen and oxygen atoms in total. The van der Waals surface area contributed by atoms with Crippen molar-refractivity contribution in [2.24, 2.45) is 0 Å². The van der Waals surface area contributed by atoms with Crippen LogP contribution in [0.15, 0.2) is 54.9 Å². The Morgan fingerprint density at radius 2 is 1.76 bits per heavy atom. The first kappa shape index (κ1) is 21.0. The number of nitrogen functional groups attached to an aromatic ring is 1. The van der Waals surface area contributed by atoms with Crippen LogP contribution in [0.4, 0.5) is 5.82 Å². The van der Waals surface area contributed by atoms with Crippen LogP contribution >= 0.6 is 11.6 Å². The molecule has 0 unspecified atom stereocenters. The maximum atomic E-state index is 9.49. The van der Waals surface area contributed by atoms with Gasteiger partial charge in [0, 0.05) is 16.6 Å². The summed E-state index contributed by atoms with van der Waals surface area (Å²) in [5.74, 6) is 1.78. The number of rotatable bonds is 4. The number of hydrogen-bond acceptors (Lipinski definition) is 7. The van der Waals surface area contributed by atoms with Gasteiger partial charge in [0.1, 0.15) is 29.3 Å². The zero-order valence-electron chi connectivity index (χ0n) is 18.0. The number of halogens is 1. The van der Waals surface area contributed by atoms with Crippen molar-refractivity contribution in [2.45, 2.75) is 31.8 Å². The molecule has 0 radical (unpaired) electrons. The number of nitrogens with zero attached hydrogens (tertiary/aromatic N) is 6.